The monoisotopic (exact) mass is 244 g/mol. The number of benzene rings is 1. The Morgan fingerprint density at radius 3 is 2.56 bits per heavy atom. The number of nitrogens with zero attached hydrogens (tertiary/aromatic N) is 1. The van der Waals surface area contributed by atoms with Crippen molar-refractivity contribution in [3.8, 4) is 0 Å². The van der Waals surface area contributed by atoms with Gasteiger partial charge in [0, 0.05) is 0 Å². The Bertz CT molecular complexity index is 435. The highest BCUT2D eigenvalue weighted by Gasteiger charge is 2.47. The maximum absolute atomic E-state index is 12.3. The quantitative estimate of drug-likeness (QED) is 0.819. The molecule has 0 bridgehead atoms. The second kappa shape index (κ2) is 4.39. The highest BCUT2D eigenvalue weighted by atomic mass is 16.2. The van der Waals surface area contributed by atoms with Crippen LogP contribution in [0.25, 0.3) is 0 Å². The van der Waals surface area contributed by atoms with Gasteiger partial charge in [-0.1, -0.05) is 30.3 Å². The molecule has 1 aromatic rings. The maximum Gasteiger partial charge on any atom is 0.226 e. The minimum atomic E-state index is -0.104. The third-order valence-electron chi connectivity index (χ3n) is 4.53. The smallest absolute Gasteiger partial charge is 0.226 e. The van der Waals surface area contributed by atoms with Crippen LogP contribution in [-0.4, -0.2) is 30.9 Å². The van der Waals surface area contributed by atoms with Crippen LogP contribution in [0.5, 0.6) is 0 Å². The van der Waals surface area contributed by atoms with E-state index in [4.69, 9.17) is 0 Å². The molecule has 18 heavy (non-hydrogen) atoms. The molecule has 1 unspecified atom stereocenters. The zero-order valence-corrected chi connectivity index (χ0v) is 10.9. The van der Waals surface area contributed by atoms with E-state index in [1.165, 1.54) is 5.56 Å². The molecule has 3 nitrogen and oxygen atoms in total. The summed E-state index contributed by atoms with van der Waals surface area (Å²) in [7, 11) is 2.13. The van der Waals surface area contributed by atoms with E-state index in [-0.39, 0.29) is 17.4 Å². The Morgan fingerprint density at radius 2 is 1.89 bits per heavy atom. The first-order chi connectivity index (χ1) is 8.70. The fraction of sp³-hybridized carbons (Fsp3) is 0.533. The van der Waals surface area contributed by atoms with Crippen molar-refractivity contribution in [3.63, 3.8) is 0 Å². The average Bonchev–Trinajstić information content (AvgIpc) is 2.72. The molecule has 1 atom stereocenters. The molecule has 1 aromatic carbocycles. The van der Waals surface area contributed by atoms with Gasteiger partial charge >= 0.3 is 0 Å². The van der Waals surface area contributed by atoms with Crippen LogP contribution in [-0.2, 0) is 4.79 Å². The first kappa shape index (κ1) is 11.7. The van der Waals surface area contributed by atoms with Gasteiger partial charge < -0.3 is 10.2 Å². The summed E-state index contributed by atoms with van der Waals surface area (Å²) in [4.78, 5) is 14.6. The number of rotatable bonds is 1. The van der Waals surface area contributed by atoms with Gasteiger partial charge in [-0.25, -0.2) is 0 Å². The average molecular weight is 244 g/mol. The number of carbonyl (C=O) groups is 1. The van der Waals surface area contributed by atoms with E-state index < -0.39 is 0 Å². The van der Waals surface area contributed by atoms with E-state index in [1.807, 2.05) is 18.2 Å². The van der Waals surface area contributed by atoms with Gasteiger partial charge in [0.25, 0.3) is 0 Å². The van der Waals surface area contributed by atoms with Gasteiger partial charge in [-0.3, -0.25) is 4.79 Å². The number of carbonyl (C=O) groups excluding carboxylic acids is 1. The Morgan fingerprint density at radius 1 is 1.22 bits per heavy atom. The second-order valence-corrected chi connectivity index (χ2v) is 5.72. The van der Waals surface area contributed by atoms with E-state index in [0.717, 1.165) is 32.4 Å². The lowest BCUT2D eigenvalue weighted by molar-refractivity contribution is -0.129. The minimum Gasteiger partial charge on any atom is -0.349 e. The molecule has 1 spiro atoms. The fourth-order valence-electron chi connectivity index (χ4n) is 3.21. The van der Waals surface area contributed by atoms with Crippen molar-refractivity contribution in [1.82, 2.24) is 10.2 Å². The number of hydrogen-bond donors (Lipinski definition) is 1. The Hall–Kier alpha value is -1.35. The zero-order chi connectivity index (χ0) is 12.6. The van der Waals surface area contributed by atoms with Crippen LogP contribution < -0.4 is 5.32 Å². The van der Waals surface area contributed by atoms with Crippen molar-refractivity contribution in [2.24, 2.45) is 5.41 Å². The van der Waals surface area contributed by atoms with Gasteiger partial charge in [-0.2, -0.15) is 0 Å². The van der Waals surface area contributed by atoms with E-state index in [1.54, 1.807) is 0 Å². The van der Waals surface area contributed by atoms with Crippen LogP contribution in [0.2, 0.25) is 0 Å². The normalized spacial score (nSPS) is 27.4. The standard InChI is InChI=1S/C15H20N2O/c1-17-9-7-15(8-10-17)11-13(16-14(15)18)12-5-3-2-4-6-12/h2-6,13H,7-11H2,1H3,(H,16,18). The summed E-state index contributed by atoms with van der Waals surface area (Å²) in [6.45, 7) is 2.07. The number of likely N-dealkylation sites (tertiary alicyclic amines) is 1. The first-order valence-corrected chi connectivity index (χ1v) is 6.74. The summed E-state index contributed by atoms with van der Waals surface area (Å²) in [5.74, 6) is 0.268. The topological polar surface area (TPSA) is 32.3 Å². The Kier molecular flexibility index (Phi) is 2.86. The lowest BCUT2D eigenvalue weighted by Gasteiger charge is -2.35. The molecule has 0 aromatic heterocycles. The second-order valence-electron chi connectivity index (χ2n) is 5.72. The first-order valence-electron chi connectivity index (χ1n) is 6.74. The fourth-order valence-corrected chi connectivity index (χ4v) is 3.21. The summed E-state index contributed by atoms with van der Waals surface area (Å²) in [6.07, 6.45) is 2.96. The molecule has 2 heterocycles. The molecule has 0 radical (unpaired) electrons. The minimum absolute atomic E-state index is 0.104. The van der Waals surface area contributed by atoms with E-state index >= 15 is 0 Å². The van der Waals surface area contributed by atoms with Gasteiger partial charge in [0.05, 0.1) is 11.5 Å². The van der Waals surface area contributed by atoms with E-state index in [2.05, 4.69) is 29.4 Å². The van der Waals surface area contributed by atoms with Crippen LogP contribution in [0.3, 0.4) is 0 Å². The van der Waals surface area contributed by atoms with E-state index in [0.29, 0.717) is 0 Å². The maximum atomic E-state index is 12.3. The SMILES string of the molecule is CN1CCC2(CC1)CC(c1ccccc1)NC2=O. The number of nitrogens with one attached hydrogen (secondary N) is 1. The lowest BCUT2D eigenvalue weighted by Crippen LogP contribution is -2.42. The highest BCUT2D eigenvalue weighted by molar-refractivity contribution is 5.85. The van der Waals surface area contributed by atoms with Gasteiger partial charge in [-0.15, -0.1) is 0 Å². The summed E-state index contributed by atoms with van der Waals surface area (Å²) in [5, 5.41) is 3.19. The van der Waals surface area contributed by atoms with Crippen LogP contribution in [0.4, 0.5) is 0 Å². The predicted molar refractivity (Wildman–Crippen MR) is 71.1 cm³/mol. The molecule has 3 rings (SSSR count). The van der Waals surface area contributed by atoms with Crippen molar-refractivity contribution < 1.29 is 4.79 Å². The van der Waals surface area contributed by atoms with Crippen LogP contribution in [0.1, 0.15) is 30.9 Å². The molecule has 0 aliphatic carbocycles. The summed E-state index contributed by atoms with van der Waals surface area (Å²) in [5.41, 5.74) is 1.13. The van der Waals surface area contributed by atoms with Crippen molar-refractivity contribution in [2.45, 2.75) is 25.3 Å². The highest BCUT2D eigenvalue weighted by Crippen LogP contribution is 2.44. The molecule has 96 valence electrons. The van der Waals surface area contributed by atoms with Crippen LogP contribution in [0.15, 0.2) is 30.3 Å². The third kappa shape index (κ3) is 1.93. The van der Waals surface area contributed by atoms with Gasteiger partial charge in [0.2, 0.25) is 5.91 Å². The zero-order valence-electron chi connectivity index (χ0n) is 10.9. The van der Waals surface area contributed by atoms with E-state index in [9.17, 15) is 4.79 Å². The van der Waals surface area contributed by atoms with Gasteiger partial charge in [-0.05, 0) is 45.0 Å². The molecule has 2 aliphatic heterocycles. The Labute approximate surface area is 108 Å². The molecule has 0 saturated carbocycles. The van der Waals surface area contributed by atoms with Crippen LogP contribution in [0, 0.1) is 5.41 Å². The molecule has 3 heteroatoms. The molecular formula is C15H20N2O. The van der Waals surface area contributed by atoms with Crippen molar-refractivity contribution >= 4 is 5.91 Å². The van der Waals surface area contributed by atoms with Crippen LogP contribution >= 0.6 is 0 Å². The molecule has 1 amide bonds. The van der Waals surface area contributed by atoms with Gasteiger partial charge in [0.15, 0.2) is 0 Å². The predicted octanol–water partition coefficient (Wildman–Crippen LogP) is 1.96. The number of piperidine rings is 1. The van der Waals surface area contributed by atoms with Crippen molar-refractivity contribution in [3.05, 3.63) is 35.9 Å². The molecule has 2 saturated heterocycles. The third-order valence-corrected chi connectivity index (χ3v) is 4.53. The lowest BCUT2D eigenvalue weighted by atomic mass is 9.75. The molecule has 2 fully saturated rings. The van der Waals surface area contributed by atoms with Crippen molar-refractivity contribution in [2.75, 3.05) is 20.1 Å². The molecular weight excluding hydrogens is 224 g/mol. The summed E-state index contributed by atoms with van der Waals surface area (Å²) >= 11 is 0. The number of hydrogen-bond acceptors (Lipinski definition) is 2. The largest absolute Gasteiger partial charge is 0.349 e. The van der Waals surface area contributed by atoms with Gasteiger partial charge in [0.1, 0.15) is 0 Å². The molecule has 1 N–H and O–H groups in total. The Balaban J connectivity index is 1.78. The summed E-state index contributed by atoms with van der Waals surface area (Å²) < 4.78 is 0. The number of amides is 1. The molecule has 2 aliphatic rings. The van der Waals surface area contributed by atoms with Crippen molar-refractivity contribution in [1.29, 1.82) is 0 Å². The summed E-state index contributed by atoms with van der Waals surface area (Å²) in [6, 6.07) is 10.5.